The number of aromatic carboxylic acids is 1. The lowest BCUT2D eigenvalue weighted by atomic mass is 9.85. The molecule has 1 aromatic rings. The van der Waals surface area contributed by atoms with E-state index in [4.69, 9.17) is 10.8 Å². The van der Waals surface area contributed by atoms with Crippen LogP contribution < -0.4 is 11.1 Å². The van der Waals surface area contributed by atoms with Crippen LogP contribution in [0, 0.1) is 5.92 Å². The minimum atomic E-state index is -0.947. The fourth-order valence-corrected chi connectivity index (χ4v) is 2.56. The van der Waals surface area contributed by atoms with E-state index < -0.39 is 5.97 Å². The van der Waals surface area contributed by atoms with Crippen LogP contribution in [0.3, 0.4) is 0 Å². The smallest absolute Gasteiger partial charge is 0.335 e. The van der Waals surface area contributed by atoms with Gasteiger partial charge in [-0.2, -0.15) is 0 Å². The van der Waals surface area contributed by atoms with Crippen LogP contribution in [0.5, 0.6) is 0 Å². The zero-order chi connectivity index (χ0) is 14.5. The Bertz CT molecular complexity index is 484. The Balaban J connectivity index is 1.85. The van der Waals surface area contributed by atoms with Crippen molar-refractivity contribution >= 4 is 11.9 Å². The number of rotatable bonds is 4. The molecule has 1 aliphatic carbocycles. The first kappa shape index (κ1) is 14.5. The molecule has 0 radical (unpaired) electrons. The third-order valence-electron chi connectivity index (χ3n) is 3.75. The highest BCUT2D eigenvalue weighted by Crippen LogP contribution is 2.23. The van der Waals surface area contributed by atoms with Crippen molar-refractivity contribution in [1.82, 2.24) is 5.32 Å². The van der Waals surface area contributed by atoms with E-state index in [0.717, 1.165) is 31.2 Å². The van der Waals surface area contributed by atoms with Gasteiger partial charge in [-0.3, -0.25) is 4.79 Å². The molecule has 0 heterocycles. The predicted octanol–water partition coefficient (Wildman–Crippen LogP) is 1.52. The minimum absolute atomic E-state index is 0.0112. The van der Waals surface area contributed by atoms with Gasteiger partial charge >= 0.3 is 5.97 Å². The van der Waals surface area contributed by atoms with Crippen LogP contribution in [0.4, 0.5) is 0 Å². The molecule has 1 aromatic carbocycles. The van der Waals surface area contributed by atoms with Crippen LogP contribution in [-0.2, 0) is 11.3 Å². The summed E-state index contributed by atoms with van der Waals surface area (Å²) in [7, 11) is 0. The van der Waals surface area contributed by atoms with E-state index in [0.29, 0.717) is 6.54 Å². The number of carbonyl (C=O) groups is 2. The molecule has 108 valence electrons. The second-order valence-electron chi connectivity index (χ2n) is 5.34. The maximum atomic E-state index is 12.0. The minimum Gasteiger partial charge on any atom is -0.478 e. The Kier molecular flexibility index (Phi) is 4.74. The first-order chi connectivity index (χ1) is 9.56. The summed E-state index contributed by atoms with van der Waals surface area (Å²) in [5.41, 5.74) is 7.02. The zero-order valence-corrected chi connectivity index (χ0v) is 11.3. The second-order valence-corrected chi connectivity index (χ2v) is 5.34. The van der Waals surface area contributed by atoms with Gasteiger partial charge < -0.3 is 16.2 Å². The van der Waals surface area contributed by atoms with E-state index in [1.165, 1.54) is 0 Å². The molecule has 1 fully saturated rings. The Hall–Kier alpha value is -1.88. The fraction of sp³-hybridized carbons (Fsp3) is 0.467. The van der Waals surface area contributed by atoms with Gasteiger partial charge in [-0.15, -0.1) is 0 Å². The maximum absolute atomic E-state index is 12.0. The summed E-state index contributed by atoms with van der Waals surface area (Å²) in [6, 6.07) is 6.65. The number of nitrogens with one attached hydrogen (secondary N) is 1. The van der Waals surface area contributed by atoms with Crippen molar-refractivity contribution in [1.29, 1.82) is 0 Å². The second kappa shape index (κ2) is 6.52. The molecule has 2 rings (SSSR count). The molecule has 0 spiro atoms. The summed E-state index contributed by atoms with van der Waals surface area (Å²) in [5, 5.41) is 11.7. The number of benzene rings is 1. The van der Waals surface area contributed by atoms with Crippen molar-refractivity contribution in [3.05, 3.63) is 35.4 Å². The number of amides is 1. The van der Waals surface area contributed by atoms with Gasteiger partial charge in [-0.1, -0.05) is 18.6 Å². The van der Waals surface area contributed by atoms with Crippen molar-refractivity contribution in [2.45, 2.75) is 38.3 Å². The van der Waals surface area contributed by atoms with E-state index in [1.54, 1.807) is 24.3 Å². The maximum Gasteiger partial charge on any atom is 0.335 e. The molecule has 1 aliphatic rings. The molecule has 2 unspecified atom stereocenters. The van der Waals surface area contributed by atoms with E-state index in [9.17, 15) is 9.59 Å². The molecule has 5 nitrogen and oxygen atoms in total. The number of carboxylic acids is 1. The molecule has 1 amide bonds. The molecule has 0 aliphatic heterocycles. The normalized spacial score (nSPS) is 22.2. The monoisotopic (exact) mass is 276 g/mol. The highest BCUT2D eigenvalue weighted by Gasteiger charge is 2.24. The molecule has 0 saturated heterocycles. The SMILES string of the molecule is NC1CCCC(C(=O)NCc2ccc(C(=O)O)cc2)C1. The van der Waals surface area contributed by atoms with Gasteiger partial charge in [0, 0.05) is 18.5 Å². The van der Waals surface area contributed by atoms with E-state index in [-0.39, 0.29) is 23.4 Å². The lowest BCUT2D eigenvalue weighted by Gasteiger charge is -2.25. The topological polar surface area (TPSA) is 92.4 Å². The summed E-state index contributed by atoms with van der Waals surface area (Å²) in [5.74, 6) is -0.892. The van der Waals surface area contributed by atoms with Crippen LogP contribution >= 0.6 is 0 Å². The van der Waals surface area contributed by atoms with Crippen molar-refractivity contribution in [3.8, 4) is 0 Å². The Morgan fingerprint density at radius 1 is 1.25 bits per heavy atom. The summed E-state index contributed by atoms with van der Waals surface area (Å²) < 4.78 is 0. The van der Waals surface area contributed by atoms with Gasteiger partial charge in [0.2, 0.25) is 5.91 Å². The first-order valence-electron chi connectivity index (χ1n) is 6.92. The molecule has 5 heteroatoms. The average Bonchev–Trinajstić information content (AvgIpc) is 2.45. The number of carboxylic acid groups (broad SMARTS) is 1. The summed E-state index contributed by atoms with van der Waals surface area (Å²) in [4.78, 5) is 22.8. The van der Waals surface area contributed by atoms with Gasteiger partial charge in [0.05, 0.1) is 5.56 Å². The highest BCUT2D eigenvalue weighted by molar-refractivity contribution is 5.87. The number of carbonyl (C=O) groups excluding carboxylic acids is 1. The molecular weight excluding hydrogens is 256 g/mol. The quantitative estimate of drug-likeness (QED) is 0.777. The Labute approximate surface area is 118 Å². The van der Waals surface area contributed by atoms with Crippen molar-refractivity contribution in [3.63, 3.8) is 0 Å². The standard InChI is InChI=1S/C15H20N2O3/c16-13-3-1-2-12(8-13)14(18)17-9-10-4-6-11(7-5-10)15(19)20/h4-7,12-13H,1-3,8-9,16H2,(H,17,18)(H,19,20). The zero-order valence-electron chi connectivity index (χ0n) is 11.3. The molecule has 20 heavy (non-hydrogen) atoms. The first-order valence-corrected chi connectivity index (χ1v) is 6.92. The fourth-order valence-electron chi connectivity index (χ4n) is 2.56. The van der Waals surface area contributed by atoms with E-state index >= 15 is 0 Å². The predicted molar refractivity (Wildman–Crippen MR) is 75.2 cm³/mol. The van der Waals surface area contributed by atoms with Crippen LogP contribution in [0.1, 0.15) is 41.6 Å². The Morgan fingerprint density at radius 3 is 2.55 bits per heavy atom. The summed E-state index contributed by atoms with van der Waals surface area (Å²) in [6.45, 7) is 0.421. The van der Waals surface area contributed by atoms with Crippen LogP contribution in [0.15, 0.2) is 24.3 Å². The molecule has 0 aromatic heterocycles. The van der Waals surface area contributed by atoms with E-state index in [1.807, 2.05) is 0 Å². The van der Waals surface area contributed by atoms with Gasteiger partial charge in [-0.25, -0.2) is 4.79 Å². The van der Waals surface area contributed by atoms with Crippen molar-refractivity contribution in [2.75, 3.05) is 0 Å². The molecule has 0 bridgehead atoms. The third kappa shape index (κ3) is 3.81. The van der Waals surface area contributed by atoms with Gasteiger partial charge in [0.25, 0.3) is 0 Å². The molecule has 4 N–H and O–H groups in total. The largest absolute Gasteiger partial charge is 0.478 e. The average molecular weight is 276 g/mol. The van der Waals surface area contributed by atoms with E-state index in [2.05, 4.69) is 5.32 Å². The van der Waals surface area contributed by atoms with Gasteiger partial charge in [-0.05, 0) is 37.0 Å². The number of hydrogen-bond acceptors (Lipinski definition) is 3. The van der Waals surface area contributed by atoms with Gasteiger partial charge in [0.1, 0.15) is 0 Å². The van der Waals surface area contributed by atoms with Crippen LogP contribution in [-0.4, -0.2) is 23.0 Å². The van der Waals surface area contributed by atoms with Gasteiger partial charge in [0.15, 0.2) is 0 Å². The number of nitrogens with two attached hydrogens (primary N) is 1. The lowest BCUT2D eigenvalue weighted by Crippen LogP contribution is -2.37. The lowest BCUT2D eigenvalue weighted by molar-refractivity contribution is -0.126. The Morgan fingerprint density at radius 2 is 1.95 bits per heavy atom. The molecule has 2 atom stereocenters. The third-order valence-corrected chi connectivity index (χ3v) is 3.75. The number of hydrogen-bond donors (Lipinski definition) is 3. The molecule has 1 saturated carbocycles. The summed E-state index contributed by atoms with van der Waals surface area (Å²) >= 11 is 0. The van der Waals surface area contributed by atoms with Crippen LogP contribution in [0.2, 0.25) is 0 Å². The molecular formula is C15H20N2O3. The van der Waals surface area contributed by atoms with Crippen molar-refractivity contribution in [2.24, 2.45) is 11.7 Å². The van der Waals surface area contributed by atoms with Crippen LogP contribution in [0.25, 0.3) is 0 Å². The highest BCUT2D eigenvalue weighted by atomic mass is 16.4. The summed E-state index contributed by atoms with van der Waals surface area (Å²) in [6.07, 6.45) is 3.66. The van der Waals surface area contributed by atoms with Crippen molar-refractivity contribution < 1.29 is 14.7 Å².